The average molecular weight is 211 g/mol. The van der Waals surface area contributed by atoms with E-state index in [-0.39, 0.29) is 6.54 Å². The third kappa shape index (κ3) is 2.22. The predicted molar refractivity (Wildman–Crippen MR) is 58.2 cm³/mol. The lowest BCUT2D eigenvalue weighted by atomic mass is 9.95. The molecule has 0 spiro atoms. The van der Waals surface area contributed by atoms with E-state index in [4.69, 9.17) is 15.2 Å². The van der Waals surface area contributed by atoms with Gasteiger partial charge in [-0.25, -0.2) is 0 Å². The summed E-state index contributed by atoms with van der Waals surface area (Å²) in [5.41, 5.74) is 5.03. The molecule has 0 radical (unpaired) electrons. The van der Waals surface area contributed by atoms with Gasteiger partial charge < -0.3 is 20.3 Å². The normalized spacial score (nSPS) is 14.5. The fraction of sp³-hybridized carbons (Fsp3) is 0.455. The molecule has 0 heterocycles. The van der Waals surface area contributed by atoms with Crippen LogP contribution in [0.25, 0.3) is 0 Å². The second-order valence-electron chi connectivity index (χ2n) is 3.52. The van der Waals surface area contributed by atoms with Crippen LogP contribution in [0.4, 0.5) is 0 Å². The highest BCUT2D eigenvalue weighted by molar-refractivity contribution is 5.49. The van der Waals surface area contributed by atoms with Crippen LogP contribution < -0.4 is 15.2 Å². The topological polar surface area (TPSA) is 64.7 Å². The van der Waals surface area contributed by atoms with Crippen molar-refractivity contribution < 1.29 is 14.6 Å². The molecule has 0 saturated carbocycles. The van der Waals surface area contributed by atoms with Gasteiger partial charge in [0, 0.05) is 12.1 Å². The van der Waals surface area contributed by atoms with E-state index in [0.717, 1.165) is 0 Å². The molecule has 15 heavy (non-hydrogen) atoms. The Morgan fingerprint density at radius 1 is 1.33 bits per heavy atom. The summed E-state index contributed by atoms with van der Waals surface area (Å²) >= 11 is 0. The van der Waals surface area contributed by atoms with Crippen molar-refractivity contribution in [1.29, 1.82) is 0 Å². The van der Waals surface area contributed by atoms with Crippen molar-refractivity contribution in [3.8, 4) is 11.5 Å². The monoisotopic (exact) mass is 211 g/mol. The third-order valence-corrected chi connectivity index (χ3v) is 2.38. The molecule has 0 bridgehead atoms. The van der Waals surface area contributed by atoms with E-state index in [0.29, 0.717) is 17.1 Å². The Morgan fingerprint density at radius 3 is 2.47 bits per heavy atom. The lowest BCUT2D eigenvalue weighted by molar-refractivity contribution is 0.0636. The van der Waals surface area contributed by atoms with Gasteiger partial charge in [0.2, 0.25) is 0 Å². The molecular formula is C11H17NO3. The van der Waals surface area contributed by atoms with E-state index in [9.17, 15) is 5.11 Å². The lowest BCUT2D eigenvalue weighted by Gasteiger charge is -2.24. The van der Waals surface area contributed by atoms with E-state index in [1.165, 1.54) is 7.11 Å². The first-order valence-electron chi connectivity index (χ1n) is 4.70. The van der Waals surface area contributed by atoms with Crippen molar-refractivity contribution in [2.45, 2.75) is 12.5 Å². The molecule has 4 heteroatoms. The lowest BCUT2D eigenvalue weighted by Crippen LogP contribution is -2.31. The molecule has 1 rings (SSSR count). The van der Waals surface area contributed by atoms with Crippen molar-refractivity contribution in [1.82, 2.24) is 0 Å². The van der Waals surface area contributed by atoms with E-state index >= 15 is 0 Å². The molecule has 0 amide bonds. The van der Waals surface area contributed by atoms with Crippen molar-refractivity contribution in [2.75, 3.05) is 20.8 Å². The zero-order chi connectivity index (χ0) is 11.5. The Morgan fingerprint density at radius 2 is 2.00 bits per heavy atom. The summed E-state index contributed by atoms with van der Waals surface area (Å²) < 4.78 is 10.4. The molecular weight excluding hydrogens is 194 g/mol. The standard InChI is InChI=1S/C11H17NO3/c1-11(13,7-12)8-5-4-6-9(14-2)10(8)15-3/h4-6,13H,7,12H2,1-3H3. The van der Waals surface area contributed by atoms with Crippen molar-refractivity contribution >= 4 is 0 Å². The molecule has 4 nitrogen and oxygen atoms in total. The Balaban J connectivity index is 3.29. The van der Waals surface area contributed by atoms with Gasteiger partial charge in [0.1, 0.15) is 5.60 Å². The molecule has 1 atom stereocenters. The Kier molecular flexibility index (Phi) is 3.55. The largest absolute Gasteiger partial charge is 0.493 e. The number of hydrogen-bond acceptors (Lipinski definition) is 4. The Bertz CT molecular complexity index is 337. The molecule has 84 valence electrons. The highest BCUT2D eigenvalue weighted by Gasteiger charge is 2.26. The van der Waals surface area contributed by atoms with Gasteiger partial charge in [-0.3, -0.25) is 0 Å². The third-order valence-electron chi connectivity index (χ3n) is 2.38. The van der Waals surface area contributed by atoms with Crippen LogP contribution in [0.15, 0.2) is 18.2 Å². The molecule has 3 N–H and O–H groups in total. The van der Waals surface area contributed by atoms with E-state index in [1.807, 2.05) is 0 Å². The fourth-order valence-corrected chi connectivity index (χ4v) is 1.42. The van der Waals surface area contributed by atoms with Crippen LogP contribution in [-0.2, 0) is 5.60 Å². The van der Waals surface area contributed by atoms with Crippen LogP contribution in [-0.4, -0.2) is 25.9 Å². The first-order chi connectivity index (χ1) is 7.06. The van der Waals surface area contributed by atoms with E-state index < -0.39 is 5.60 Å². The molecule has 0 aromatic heterocycles. The smallest absolute Gasteiger partial charge is 0.166 e. The van der Waals surface area contributed by atoms with Crippen LogP contribution in [0.2, 0.25) is 0 Å². The zero-order valence-corrected chi connectivity index (χ0v) is 9.28. The highest BCUT2D eigenvalue weighted by Crippen LogP contribution is 2.36. The van der Waals surface area contributed by atoms with Gasteiger partial charge in [0.15, 0.2) is 11.5 Å². The summed E-state index contributed by atoms with van der Waals surface area (Å²) in [6.07, 6.45) is 0. The second kappa shape index (κ2) is 4.51. The molecule has 1 unspecified atom stereocenters. The summed E-state index contributed by atoms with van der Waals surface area (Å²) in [4.78, 5) is 0. The molecule has 0 aliphatic carbocycles. The number of methoxy groups -OCH3 is 2. The number of aliphatic hydroxyl groups is 1. The molecule has 0 saturated heterocycles. The van der Waals surface area contributed by atoms with Gasteiger partial charge in [-0.2, -0.15) is 0 Å². The van der Waals surface area contributed by atoms with Gasteiger partial charge in [-0.1, -0.05) is 12.1 Å². The maximum atomic E-state index is 10.1. The van der Waals surface area contributed by atoms with Crippen molar-refractivity contribution in [3.05, 3.63) is 23.8 Å². The minimum Gasteiger partial charge on any atom is -0.493 e. The van der Waals surface area contributed by atoms with Crippen LogP contribution >= 0.6 is 0 Å². The number of hydrogen-bond donors (Lipinski definition) is 2. The zero-order valence-electron chi connectivity index (χ0n) is 9.28. The predicted octanol–water partition coefficient (Wildman–Crippen LogP) is 0.870. The van der Waals surface area contributed by atoms with Gasteiger partial charge in [0.05, 0.1) is 14.2 Å². The van der Waals surface area contributed by atoms with Gasteiger partial charge in [-0.05, 0) is 13.0 Å². The number of ether oxygens (including phenoxy) is 2. The minimum absolute atomic E-state index is 0.122. The number of nitrogens with two attached hydrogens (primary N) is 1. The van der Waals surface area contributed by atoms with Crippen LogP contribution in [0.1, 0.15) is 12.5 Å². The average Bonchev–Trinajstić information content (AvgIpc) is 2.27. The number of para-hydroxylation sites is 1. The summed E-state index contributed by atoms with van der Waals surface area (Å²) in [7, 11) is 3.09. The van der Waals surface area contributed by atoms with Gasteiger partial charge >= 0.3 is 0 Å². The molecule has 0 fully saturated rings. The number of benzene rings is 1. The quantitative estimate of drug-likeness (QED) is 0.775. The maximum absolute atomic E-state index is 10.1. The van der Waals surface area contributed by atoms with E-state index in [1.54, 1.807) is 32.2 Å². The summed E-state index contributed by atoms with van der Waals surface area (Å²) in [5.74, 6) is 1.11. The minimum atomic E-state index is -1.11. The Hall–Kier alpha value is -1.26. The highest BCUT2D eigenvalue weighted by atomic mass is 16.5. The van der Waals surface area contributed by atoms with Crippen molar-refractivity contribution in [3.63, 3.8) is 0 Å². The fourth-order valence-electron chi connectivity index (χ4n) is 1.42. The molecule has 1 aromatic carbocycles. The Labute approximate surface area is 89.6 Å². The van der Waals surface area contributed by atoms with E-state index in [2.05, 4.69) is 0 Å². The van der Waals surface area contributed by atoms with Crippen LogP contribution in [0.3, 0.4) is 0 Å². The first kappa shape index (κ1) is 11.8. The summed E-state index contributed by atoms with van der Waals surface area (Å²) in [5, 5.41) is 10.1. The van der Waals surface area contributed by atoms with Crippen LogP contribution in [0, 0.1) is 0 Å². The molecule has 0 aliphatic rings. The molecule has 1 aromatic rings. The van der Waals surface area contributed by atoms with Crippen molar-refractivity contribution in [2.24, 2.45) is 5.73 Å². The SMILES string of the molecule is COc1cccc(C(C)(O)CN)c1OC. The summed E-state index contributed by atoms with van der Waals surface area (Å²) in [6, 6.07) is 5.34. The van der Waals surface area contributed by atoms with Gasteiger partial charge in [-0.15, -0.1) is 0 Å². The number of rotatable bonds is 4. The van der Waals surface area contributed by atoms with Gasteiger partial charge in [0.25, 0.3) is 0 Å². The van der Waals surface area contributed by atoms with Crippen LogP contribution in [0.5, 0.6) is 11.5 Å². The molecule has 0 aliphatic heterocycles. The second-order valence-corrected chi connectivity index (χ2v) is 3.52. The first-order valence-corrected chi connectivity index (χ1v) is 4.70. The maximum Gasteiger partial charge on any atom is 0.166 e. The summed E-state index contributed by atoms with van der Waals surface area (Å²) in [6.45, 7) is 1.76.